The van der Waals surface area contributed by atoms with E-state index in [2.05, 4.69) is 10.0 Å². The molecule has 4 nitrogen and oxygen atoms in total. The van der Waals surface area contributed by atoms with Crippen LogP contribution in [0.5, 0.6) is 5.75 Å². The maximum atomic E-state index is 11.9. The second kappa shape index (κ2) is 5.92. The van der Waals surface area contributed by atoms with E-state index in [-0.39, 0.29) is 6.54 Å². The molecule has 0 radical (unpaired) electrons. The number of hydrogen-bond donors (Lipinski definition) is 0. The van der Waals surface area contributed by atoms with Gasteiger partial charge in [0.15, 0.2) is 0 Å². The van der Waals surface area contributed by atoms with Crippen LogP contribution in [0.3, 0.4) is 0 Å². The third-order valence-electron chi connectivity index (χ3n) is 1.92. The molecule has 6 heteroatoms. The van der Waals surface area contributed by atoms with Crippen LogP contribution < -0.4 is 4.74 Å². The van der Waals surface area contributed by atoms with Gasteiger partial charge in [-0.1, -0.05) is 17.2 Å². The summed E-state index contributed by atoms with van der Waals surface area (Å²) in [6, 6.07) is 5.03. The molecule has 0 aliphatic carbocycles. The lowest BCUT2D eigenvalue weighted by molar-refractivity contribution is 0.0816. The highest BCUT2D eigenvalue weighted by Gasteiger charge is 2.05. The standard InChI is InChI=1S/C10H11F2N3O/c1-7-4-8(5-14-15-13)2-3-9(7)16-6-10(11)12/h2-4,10H,5-6H2,1H3. The monoisotopic (exact) mass is 227 g/mol. The van der Waals surface area contributed by atoms with Gasteiger partial charge in [-0.15, -0.1) is 0 Å². The van der Waals surface area contributed by atoms with Gasteiger partial charge in [0.05, 0.1) is 6.54 Å². The van der Waals surface area contributed by atoms with Gasteiger partial charge in [0.25, 0.3) is 6.43 Å². The molecule has 0 saturated carbocycles. The number of rotatable bonds is 5. The van der Waals surface area contributed by atoms with Crippen LogP contribution in [0, 0.1) is 6.92 Å². The van der Waals surface area contributed by atoms with Gasteiger partial charge < -0.3 is 4.74 Å². The molecule has 0 bridgehead atoms. The van der Waals surface area contributed by atoms with Crippen molar-refractivity contribution in [2.75, 3.05) is 6.61 Å². The molecule has 1 aromatic carbocycles. The summed E-state index contributed by atoms with van der Waals surface area (Å²) in [5.41, 5.74) is 9.71. The molecule has 86 valence electrons. The van der Waals surface area contributed by atoms with E-state index in [1.807, 2.05) is 0 Å². The molecular formula is C10H11F2N3O. The van der Waals surface area contributed by atoms with Gasteiger partial charge in [-0.2, -0.15) is 0 Å². The van der Waals surface area contributed by atoms with Crippen molar-refractivity contribution in [1.82, 2.24) is 0 Å². The quantitative estimate of drug-likeness (QED) is 0.431. The SMILES string of the molecule is Cc1cc(CN=[N+]=[N-])ccc1OCC(F)F. The van der Waals surface area contributed by atoms with E-state index in [9.17, 15) is 8.78 Å². The molecule has 0 saturated heterocycles. The molecule has 0 heterocycles. The first-order valence-corrected chi connectivity index (χ1v) is 4.65. The number of halogens is 2. The number of aryl methyl sites for hydroxylation is 1. The van der Waals surface area contributed by atoms with Crippen LogP contribution in [0.15, 0.2) is 23.3 Å². The zero-order chi connectivity index (χ0) is 12.0. The Bertz CT molecular complexity index is 403. The highest BCUT2D eigenvalue weighted by Crippen LogP contribution is 2.20. The van der Waals surface area contributed by atoms with Gasteiger partial charge >= 0.3 is 0 Å². The fraction of sp³-hybridized carbons (Fsp3) is 0.400. The average molecular weight is 227 g/mol. The van der Waals surface area contributed by atoms with Crippen LogP contribution in [0.2, 0.25) is 0 Å². The predicted octanol–water partition coefficient (Wildman–Crippen LogP) is 3.45. The van der Waals surface area contributed by atoms with Crippen molar-refractivity contribution in [3.63, 3.8) is 0 Å². The number of alkyl halides is 2. The Hall–Kier alpha value is -1.81. The summed E-state index contributed by atoms with van der Waals surface area (Å²) >= 11 is 0. The van der Waals surface area contributed by atoms with Crippen LogP contribution in [0.4, 0.5) is 8.78 Å². The molecule has 0 spiro atoms. The molecule has 0 aliphatic rings. The molecule has 0 unspecified atom stereocenters. The van der Waals surface area contributed by atoms with Crippen molar-refractivity contribution in [3.8, 4) is 5.75 Å². The first kappa shape index (κ1) is 12.3. The molecule has 0 N–H and O–H groups in total. The highest BCUT2D eigenvalue weighted by atomic mass is 19.3. The summed E-state index contributed by atoms with van der Waals surface area (Å²) in [6.07, 6.45) is -2.48. The predicted molar refractivity (Wildman–Crippen MR) is 55.5 cm³/mol. The Morgan fingerprint density at radius 2 is 2.25 bits per heavy atom. The molecule has 0 fully saturated rings. The maximum absolute atomic E-state index is 11.9. The number of benzene rings is 1. The van der Waals surface area contributed by atoms with E-state index in [0.717, 1.165) is 11.1 Å². The molecule has 0 atom stereocenters. The number of ether oxygens (including phenoxy) is 1. The third kappa shape index (κ3) is 3.74. The molecule has 1 aromatic rings. The van der Waals surface area contributed by atoms with E-state index in [0.29, 0.717) is 5.75 Å². The summed E-state index contributed by atoms with van der Waals surface area (Å²) in [4.78, 5) is 2.64. The van der Waals surface area contributed by atoms with E-state index >= 15 is 0 Å². The van der Waals surface area contributed by atoms with Crippen molar-refractivity contribution < 1.29 is 13.5 Å². The summed E-state index contributed by atoms with van der Waals surface area (Å²) in [7, 11) is 0. The van der Waals surface area contributed by atoms with Gasteiger partial charge in [-0.3, -0.25) is 0 Å². The first-order valence-electron chi connectivity index (χ1n) is 4.65. The average Bonchev–Trinajstić information content (AvgIpc) is 2.24. The number of azide groups is 1. The van der Waals surface area contributed by atoms with E-state index in [4.69, 9.17) is 10.3 Å². The molecular weight excluding hydrogens is 216 g/mol. The minimum atomic E-state index is -2.48. The van der Waals surface area contributed by atoms with Crippen molar-refractivity contribution in [2.45, 2.75) is 19.9 Å². The van der Waals surface area contributed by atoms with Gasteiger partial charge in [-0.05, 0) is 29.6 Å². The van der Waals surface area contributed by atoms with Crippen molar-refractivity contribution in [1.29, 1.82) is 0 Å². The zero-order valence-corrected chi connectivity index (χ0v) is 8.73. The molecule has 16 heavy (non-hydrogen) atoms. The Balaban J connectivity index is 2.70. The lowest BCUT2D eigenvalue weighted by Crippen LogP contribution is -2.07. The minimum absolute atomic E-state index is 0.243. The van der Waals surface area contributed by atoms with E-state index in [1.165, 1.54) is 0 Å². The Kier molecular flexibility index (Phi) is 4.54. The molecule has 1 rings (SSSR count). The minimum Gasteiger partial charge on any atom is -0.487 e. The Morgan fingerprint density at radius 3 is 2.81 bits per heavy atom. The highest BCUT2D eigenvalue weighted by molar-refractivity contribution is 5.36. The first-order chi connectivity index (χ1) is 7.63. The summed E-state index contributed by atoms with van der Waals surface area (Å²) < 4.78 is 28.7. The topological polar surface area (TPSA) is 58.0 Å². The summed E-state index contributed by atoms with van der Waals surface area (Å²) in [5, 5.41) is 3.41. The van der Waals surface area contributed by atoms with Crippen molar-refractivity contribution in [2.24, 2.45) is 5.11 Å². The molecule has 0 amide bonds. The van der Waals surface area contributed by atoms with Gasteiger partial charge in [-0.25, -0.2) is 8.78 Å². The van der Waals surface area contributed by atoms with Crippen LogP contribution in [-0.4, -0.2) is 13.0 Å². The Morgan fingerprint density at radius 1 is 1.50 bits per heavy atom. The third-order valence-corrected chi connectivity index (χ3v) is 1.92. The summed E-state index contributed by atoms with van der Waals surface area (Å²) in [5.74, 6) is 0.421. The Labute approximate surface area is 91.5 Å². The smallest absolute Gasteiger partial charge is 0.272 e. The number of hydrogen-bond acceptors (Lipinski definition) is 2. The van der Waals surface area contributed by atoms with Crippen LogP contribution >= 0.6 is 0 Å². The van der Waals surface area contributed by atoms with E-state index < -0.39 is 13.0 Å². The lowest BCUT2D eigenvalue weighted by Gasteiger charge is -2.09. The fourth-order valence-electron chi connectivity index (χ4n) is 1.24. The molecule has 0 aromatic heterocycles. The lowest BCUT2D eigenvalue weighted by atomic mass is 10.1. The summed E-state index contributed by atoms with van der Waals surface area (Å²) in [6.45, 7) is 1.38. The van der Waals surface area contributed by atoms with Gasteiger partial charge in [0.2, 0.25) is 0 Å². The normalized spacial score (nSPS) is 10.0. The van der Waals surface area contributed by atoms with Crippen LogP contribution in [0.25, 0.3) is 10.4 Å². The zero-order valence-electron chi connectivity index (χ0n) is 8.73. The fourth-order valence-corrected chi connectivity index (χ4v) is 1.24. The number of nitrogens with zero attached hydrogens (tertiary/aromatic N) is 3. The second-order valence-corrected chi connectivity index (χ2v) is 3.19. The van der Waals surface area contributed by atoms with Crippen LogP contribution in [-0.2, 0) is 6.54 Å². The van der Waals surface area contributed by atoms with Crippen LogP contribution in [0.1, 0.15) is 11.1 Å². The van der Waals surface area contributed by atoms with E-state index in [1.54, 1.807) is 25.1 Å². The van der Waals surface area contributed by atoms with Crippen molar-refractivity contribution in [3.05, 3.63) is 39.8 Å². The maximum Gasteiger partial charge on any atom is 0.272 e. The van der Waals surface area contributed by atoms with Crippen molar-refractivity contribution >= 4 is 0 Å². The largest absolute Gasteiger partial charge is 0.487 e. The molecule has 0 aliphatic heterocycles. The second-order valence-electron chi connectivity index (χ2n) is 3.19. The van der Waals surface area contributed by atoms with Gasteiger partial charge in [0, 0.05) is 4.91 Å². The van der Waals surface area contributed by atoms with Gasteiger partial charge in [0.1, 0.15) is 12.4 Å².